The lowest BCUT2D eigenvalue weighted by atomic mass is 10.1. The van der Waals surface area contributed by atoms with Gasteiger partial charge in [0.25, 0.3) is 0 Å². The largest absolute Gasteiger partial charge is 0.397 e. The minimum atomic E-state index is -0.0835. The van der Waals surface area contributed by atoms with Crippen LogP contribution >= 0.6 is 11.6 Å². The van der Waals surface area contributed by atoms with Crippen LogP contribution < -0.4 is 11.1 Å². The maximum atomic E-state index is 11.9. The van der Waals surface area contributed by atoms with E-state index < -0.39 is 0 Å². The fraction of sp³-hybridized carbons (Fsp3) is 0.500. The van der Waals surface area contributed by atoms with Crippen molar-refractivity contribution in [2.24, 2.45) is 5.92 Å². The van der Waals surface area contributed by atoms with Crippen molar-refractivity contribution in [1.29, 1.82) is 0 Å². The zero-order valence-electron chi connectivity index (χ0n) is 11.7. The van der Waals surface area contributed by atoms with E-state index in [0.29, 0.717) is 28.9 Å². The van der Waals surface area contributed by atoms with Crippen LogP contribution in [0.4, 0.5) is 11.4 Å². The lowest BCUT2D eigenvalue weighted by Gasteiger charge is -2.20. The van der Waals surface area contributed by atoms with E-state index in [2.05, 4.69) is 19.2 Å². The first-order chi connectivity index (χ1) is 8.92. The molecule has 1 amide bonds. The Morgan fingerprint density at radius 2 is 2.21 bits per heavy atom. The van der Waals surface area contributed by atoms with Gasteiger partial charge in [0.15, 0.2) is 0 Å². The third-order valence-corrected chi connectivity index (χ3v) is 3.26. The second kappa shape index (κ2) is 7.36. The highest BCUT2D eigenvalue weighted by molar-refractivity contribution is 6.31. The molecule has 0 aliphatic rings. The number of carbonyl (C=O) groups excluding carboxylic acids is 1. The Labute approximate surface area is 119 Å². The number of nitrogens with zero attached hydrogens (tertiary/aromatic N) is 1. The van der Waals surface area contributed by atoms with Crippen molar-refractivity contribution in [3.8, 4) is 0 Å². The molecule has 0 aliphatic carbocycles. The van der Waals surface area contributed by atoms with Crippen LogP contribution in [0, 0.1) is 5.92 Å². The number of carbonyl (C=O) groups is 1. The molecule has 5 heteroatoms. The summed E-state index contributed by atoms with van der Waals surface area (Å²) < 4.78 is 0. The van der Waals surface area contributed by atoms with E-state index >= 15 is 0 Å². The number of nitrogens with two attached hydrogens (primary N) is 1. The van der Waals surface area contributed by atoms with Gasteiger partial charge < -0.3 is 11.1 Å². The van der Waals surface area contributed by atoms with E-state index in [4.69, 9.17) is 17.3 Å². The highest BCUT2D eigenvalue weighted by Gasteiger charge is 2.11. The second-order valence-corrected chi connectivity index (χ2v) is 5.43. The predicted molar refractivity (Wildman–Crippen MR) is 81.4 cm³/mol. The molecule has 0 fully saturated rings. The maximum absolute atomic E-state index is 11.9. The Balaban J connectivity index is 2.53. The van der Waals surface area contributed by atoms with Gasteiger partial charge in [-0.15, -0.1) is 0 Å². The fourth-order valence-electron chi connectivity index (χ4n) is 1.80. The molecule has 1 unspecified atom stereocenters. The smallest absolute Gasteiger partial charge is 0.238 e. The summed E-state index contributed by atoms with van der Waals surface area (Å²) in [5, 5.41) is 3.34. The Bertz CT molecular complexity index is 437. The molecule has 0 heterocycles. The van der Waals surface area contributed by atoms with Gasteiger partial charge in [0, 0.05) is 11.6 Å². The average molecular weight is 284 g/mol. The Morgan fingerprint density at radius 1 is 1.53 bits per heavy atom. The summed E-state index contributed by atoms with van der Waals surface area (Å²) in [4.78, 5) is 13.9. The SMILES string of the molecule is CCC(C)CN(C)CC(=O)Nc1cc(Cl)ccc1N. The average Bonchev–Trinajstić information content (AvgIpc) is 2.33. The van der Waals surface area contributed by atoms with Crippen LogP contribution in [-0.2, 0) is 4.79 Å². The van der Waals surface area contributed by atoms with Crippen LogP contribution in [0.15, 0.2) is 18.2 Å². The topological polar surface area (TPSA) is 58.4 Å². The molecule has 1 aromatic carbocycles. The number of hydrogen-bond donors (Lipinski definition) is 2. The molecule has 0 aliphatic heterocycles. The van der Waals surface area contributed by atoms with Crippen molar-refractivity contribution in [2.75, 3.05) is 31.2 Å². The predicted octanol–water partition coefficient (Wildman–Crippen LogP) is 2.84. The molecule has 106 valence electrons. The normalized spacial score (nSPS) is 12.5. The molecule has 19 heavy (non-hydrogen) atoms. The third-order valence-electron chi connectivity index (χ3n) is 3.02. The quantitative estimate of drug-likeness (QED) is 0.789. The molecule has 0 aromatic heterocycles. The number of hydrogen-bond acceptors (Lipinski definition) is 3. The summed E-state index contributed by atoms with van der Waals surface area (Å²) in [5.74, 6) is 0.494. The molecule has 4 nitrogen and oxygen atoms in total. The van der Waals surface area contributed by atoms with Gasteiger partial charge in [-0.2, -0.15) is 0 Å². The van der Waals surface area contributed by atoms with E-state index in [0.717, 1.165) is 13.0 Å². The summed E-state index contributed by atoms with van der Waals surface area (Å²) >= 11 is 5.88. The van der Waals surface area contributed by atoms with E-state index in [1.165, 1.54) is 0 Å². The highest BCUT2D eigenvalue weighted by Crippen LogP contribution is 2.22. The van der Waals surface area contributed by atoms with Crippen LogP contribution in [0.1, 0.15) is 20.3 Å². The fourth-order valence-corrected chi connectivity index (χ4v) is 1.97. The summed E-state index contributed by atoms with van der Waals surface area (Å²) in [5.41, 5.74) is 6.86. The molecular formula is C14H22ClN3O. The summed E-state index contributed by atoms with van der Waals surface area (Å²) in [6, 6.07) is 5.03. The first-order valence-electron chi connectivity index (χ1n) is 6.45. The third kappa shape index (κ3) is 5.49. The van der Waals surface area contributed by atoms with E-state index in [9.17, 15) is 4.79 Å². The summed E-state index contributed by atoms with van der Waals surface area (Å²) in [6.07, 6.45) is 1.10. The molecule has 0 saturated heterocycles. The number of benzene rings is 1. The number of anilines is 2. The van der Waals surface area contributed by atoms with Crippen molar-refractivity contribution in [2.45, 2.75) is 20.3 Å². The monoisotopic (exact) mass is 283 g/mol. The highest BCUT2D eigenvalue weighted by atomic mass is 35.5. The first kappa shape index (κ1) is 15.8. The van der Waals surface area contributed by atoms with Crippen LogP contribution in [0.5, 0.6) is 0 Å². The molecular weight excluding hydrogens is 262 g/mol. The number of amides is 1. The lowest BCUT2D eigenvalue weighted by Crippen LogP contribution is -2.33. The molecule has 1 rings (SSSR count). The van der Waals surface area contributed by atoms with Crippen LogP contribution in [-0.4, -0.2) is 30.9 Å². The van der Waals surface area contributed by atoms with Crippen LogP contribution in [0.2, 0.25) is 5.02 Å². The molecule has 1 atom stereocenters. The first-order valence-corrected chi connectivity index (χ1v) is 6.83. The minimum absolute atomic E-state index is 0.0835. The van der Waals surface area contributed by atoms with Gasteiger partial charge in [0.1, 0.15) is 0 Å². The van der Waals surface area contributed by atoms with Gasteiger partial charge in [-0.25, -0.2) is 0 Å². The van der Waals surface area contributed by atoms with Crippen molar-refractivity contribution < 1.29 is 4.79 Å². The lowest BCUT2D eigenvalue weighted by molar-refractivity contribution is -0.117. The van der Waals surface area contributed by atoms with Gasteiger partial charge in [-0.1, -0.05) is 31.9 Å². The van der Waals surface area contributed by atoms with Gasteiger partial charge in [0.2, 0.25) is 5.91 Å². The van der Waals surface area contributed by atoms with Gasteiger partial charge in [0.05, 0.1) is 17.9 Å². The van der Waals surface area contributed by atoms with E-state index in [1.807, 2.05) is 11.9 Å². The molecule has 0 saturated carbocycles. The molecule has 0 bridgehead atoms. The van der Waals surface area contributed by atoms with Gasteiger partial charge in [-0.3, -0.25) is 9.69 Å². The van der Waals surface area contributed by atoms with Crippen molar-refractivity contribution in [3.63, 3.8) is 0 Å². The van der Waals surface area contributed by atoms with Crippen molar-refractivity contribution in [3.05, 3.63) is 23.2 Å². The number of halogens is 1. The minimum Gasteiger partial charge on any atom is -0.397 e. The zero-order valence-corrected chi connectivity index (χ0v) is 12.5. The number of nitrogen functional groups attached to an aromatic ring is 1. The van der Waals surface area contributed by atoms with E-state index in [1.54, 1.807) is 18.2 Å². The number of rotatable bonds is 6. The Kier molecular flexibility index (Phi) is 6.12. The zero-order chi connectivity index (χ0) is 14.4. The van der Waals surface area contributed by atoms with E-state index in [-0.39, 0.29) is 5.91 Å². The van der Waals surface area contributed by atoms with Crippen molar-refractivity contribution >= 4 is 28.9 Å². The number of likely N-dealkylation sites (N-methyl/N-ethyl adjacent to an activating group) is 1. The molecule has 3 N–H and O–H groups in total. The second-order valence-electron chi connectivity index (χ2n) is 4.99. The molecule has 1 aromatic rings. The molecule has 0 spiro atoms. The number of nitrogens with one attached hydrogen (secondary N) is 1. The maximum Gasteiger partial charge on any atom is 0.238 e. The summed E-state index contributed by atoms with van der Waals surface area (Å²) in [6.45, 7) is 5.56. The van der Waals surface area contributed by atoms with Crippen LogP contribution in [0.3, 0.4) is 0 Å². The summed E-state index contributed by atoms with van der Waals surface area (Å²) in [7, 11) is 1.94. The van der Waals surface area contributed by atoms with Crippen molar-refractivity contribution in [1.82, 2.24) is 4.90 Å². The van der Waals surface area contributed by atoms with Gasteiger partial charge in [-0.05, 0) is 31.2 Å². The standard InChI is InChI=1S/C14H22ClN3O/c1-4-10(2)8-18(3)9-14(19)17-13-7-11(15)5-6-12(13)16/h5-7,10H,4,8-9,16H2,1-3H3,(H,17,19). The Hall–Kier alpha value is -1.26. The van der Waals surface area contributed by atoms with Crippen LogP contribution in [0.25, 0.3) is 0 Å². The Morgan fingerprint density at radius 3 is 2.84 bits per heavy atom. The van der Waals surface area contributed by atoms with Gasteiger partial charge >= 0.3 is 0 Å². The molecule has 0 radical (unpaired) electrons.